The first-order valence-electron chi connectivity index (χ1n) is 31.2. The number of nitrogens with zero attached hydrogens (tertiary/aromatic N) is 1. The molecule has 0 aliphatic rings. The predicted octanol–water partition coefficient (Wildman–Crippen LogP) is 19.4. The van der Waals surface area contributed by atoms with E-state index in [1.165, 1.54) is 38.5 Å². The van der Waals surface area contributed by atoms with Gasteiger partial charge in [0.25, 0.3) is 7.82 Å². The number of carbonyl (C=O) groups excluding carboxylic acids is 2. The first-order chi connectivity index (χ1) is 39.0. The van der Waals surface area contributed by atoms with Crippen molar-refractivity contribution in [1.29, 1.82) is 0 Å². The lowest BCUT2D eigenvalue weighted by molar-refractivity contribution is -0.870. The normalized spacial score (nSPS) is 14.3. The van der Waals surface area contributed by atoms with Crippen LogP contribution in [0.5, 0.6) is 0 Å². The van der Waals surface area contributed by atoms with E-state index < -0.39 is 32.5 Å². The van der Waals surface area contributed by atoms with Gasteiger partial charge in [0.1, 0.15) is 19.8 Å². The van der Waals surface area contributed by atoms with Gasteiger partial charge in [-0.25, -0.2) is 0 Å². The molecule has 2 unspecified atom stereocenters. The van der Waals surface area contributed by atoms with Gasteiger partial charge in [-0.05, 0) is 122 Å². The molecule has 0 amide bonds. The third kappa shape index (κ3) is 62.8. The fourth-order valence-electron chi connectivity index (χ4n) is 7.82. The summed E-state index contributed by atoms with van der Waals surface area (Å²) >= 11 is 0. The van der Waals surface area contributed by atoms with Crippen LogP contribution in [-0.2, 0) is 32.7 Å². The second-order valence-electron chi connectivity index (χ2n) is 21.3. The first-order valence-corrected chi connectivity index (χ1v) is 32.7. The standard InChI is InChI=1S/C70H114NO8P/c1-6-8-10-12-14-16-18-20-22-23-24-25-26-27-28-29-30-31-32-33-34-35-36-37-38-39-40-41-42-43-44-45-46-47-49-51-53-55-57-59-61-63-70(73)79-68(67-78-80(74,75)77-65-64-71(3,4)5)66-76-69(72)62-60-58-56-54-52-50-48-21-19-17-15-13-11-9-7-2/h8-11,14-17,20-22,24-25,27-28,30-31,33-34,36-37,39-40,42-43,48,68H,6-7,12-13,18-19,23,26,29,32,35,38,41,44-47,49-67H2,1-5H3/b10-8-,11-9-,16-14-,17-15-,22-20-,25-24-,28-27-,31-30-,34-33-,37-36-,40-39-,43-42-,48-21-. The van der Waals surface area contributed by atoms with Crippen LogP contribution in [0, 0.1) is 0 Å². The molecule has 0 aromatic carbocycles. The van der Waals surface area contributed by atoms with E-state index in [4.69, 9.17) is 18.5 Å². The van der Waals surface area contributed by atoms with Gasteiger partial charge in [-0.2, -0.15) is 0 Å². The van der Waals surface area contributed by atoms with Crippen LogP contribution >= 0.6 is 7.82 Å². The Labute approximate surface area is 490 Å². The summed E-state index contributed by atoms with van der Waals surface area (Å²) in [6.45, 7) is 3.96. The van der Waals surface area contributed by atoms with Crippen molar-refractivity contribution in [2.45, 2.75) is 225 Å². The van der Waals surface area contributed by atoms with E-state index in [-0.39, 0.29) is 26.1 Å². The van der Waals surface area contributed by atoms with Gasteiger partial charge in [-0.15, -0.1) is 0 Å². The highest BCUT2D eigenvalue weighted by Crippen LogP contribution is 2.38. The van der Waals surface area contributed by atoms with Crippen LogP contribution in [0.2, 0.25) is 0 Å². The maximum absolute atomic E-state index is 12.8. The Morgan fingerprint density at radius 2 is 0.675 bits per heavy atom. The Morgan fingerprint density at radius 3 is 1.00 bits per heavy atom. The Balaban J connectivity index is 4.10. The molecule has 0 aliphatic carbocycles. The van der Waals surface area contributed by atoms with Crippen molar-refractivity contribution < 1.29 is 42.1 Å². The first kappa shape index (κ1) is 75.6. The van der Waals surface area contributed by atoms with Gasteiger partial charge in [-0.1, -0.05) is 242 Å². The number of hydrogen-bond donors (Lipinski definition) is 0. The Morgan fingerprint density at radius 1 is 0.388 bits per heavy atom. The Kier molecular flexibility index (Phi) is 56.0. The summed E-state index contributed by atoms with van der Waals surface area (Å²) in [5.41, 5.74) is 0. The number of rotatable bonds is 55. The zero-order valence-corrected chi connectivity index (χ0v) is 52.1. The van der Waals surface area contributed by atoms with E-state index >= 15 is 0 Å². The lowest BCUT2D eigenvalue weighted by Crippen LogP contribution is -2.37. The third-order valence-corrected chi connectivity index (χ3v) is 13.5. The molecule has 80 heavy (non-hydrogen) atoms. The van der Waals surface area contributed by atoms with E-state index in [0.717, 1.165) is 141 Å². The van der Waals surface area contributed by atoms with Gasteiger partial charge in [0.05, 0.1) is 27.7 Å². The van der Waals surface area contributed by atoms with Crippen LogP contribution in [0.15, 0.2) is 158 Å². The monoisotopic (exact) mass is 1130 g/mol. The highest BCUT2D eigenvalue weighted by atomic mass is 31.2. The highest BCUT2D eigenvalue weighted by molar-refractivity contribution is 7.45. The second kappa shape index (κ2) is 59.3. The minimum atomic E-state index is -4.65. The van der Waals surface area contributed by atoms with Gasteiger partial charge in [0.2, 0.25) is 0 Å². The molecule has 0 fully saturated rings. The molecule has 0 rings (SSSR count). The molecule has 0 aromatic rings. The number of esters is 2. The average Bonchev–Trinajstić information content (AvgIpc) is 3.42. The van der Waals surface area contributed by atoms with E-state index in [1.807, 2.05) is 21.1 Å². The lowest BCUT2D eigenvalue weighted by atomic mass is 10.0. The zero-order chi connectivity index (χ0) is 58.4. The molecule has 0 heterocycles. The largest absolute Gasteiger partial charge is 0.756 e. The highest BCUT2D eigenvalue weighted by Gasteiger charge is 2.22. The molecule has 2 atom stereocenters. The molecule has 0 bridgehead atoms. The fourth-order valence-corrected chi connectivity index (χ4v) is 8.54. The Hall–Kier alpha value is -4.37. The maximum Gasteiger partial charge on any atom is 0.306 e. The van der Waals surface area contributed by atoms with E-state index in [9.17, 15) is 19.0 Å². The summed E-state index contributed by atoms with van der Waals surface area (Å²) in [6.07, 6.45) is 88.8. The number of unbranched alkanes of at least 4 members (excludes halogenated alkanes) is 15. The van der Waals surface area contributed by atoms with E-state index in [2.05, 4.69) is 172 Å². The van der Waals surface area contributed by atoms with Crippen molar-refractivity contribution >= 4 is 19.8 Å². The summed E-state index contributed by atoms with van der Waals surface area (Å²) in [7, 11) is 1.13. The molecular formula is C70H114NO8P. The lowest BCUT2D eigenvalue weighted by Gasteiger charge is -2.28. The minimum Gasteiger partial charge on any atom is -0.756 e. The number of allylic oxidation sites excluding steroid dienone is 26. The van der Waals surface area contributed by atoms with Gasteiger partial charge >= 0.3 is 11.9 Å². The molecule has 452 valence electrons. The van der Waals surface area contributed by atoms with Crippen molar-refractivity contribution in [3.8, 4) is 0 Å². The fraction of sp³-hybridized carbons (Fsp3) is 0.600. The number of ether oxygens (including phenoxy) is 2. The molecule has 0 spiro atoms. The van der Waals surface area contributed by atoms with Gasteiger partial charge < -0.3 is 27.9 Å². The van der Waals surface area contributed by atoms with Crippen LogP contribution in [0.25, 0.3) is 0 Å². The number of carbonyl (C=O) groups is 2. The quantitative estimate of drug-likeness (QED) is 0.0195. The van der Waals surface area contributed by atoms with Crippen molar-refractivity contribution in [1.82, 2.24) is 0 Å². The molecular weight excluding hydrogens is 1010 g/mol. The molecule has 0 saturated heterocycles. The maximum atomic E-state index is 12.8. The Bertz CT molecular complexity index is 1900. The minimum absolute atomic E-state index is 0.0425. The van der Waals surface area contributed by atoms with Crippen LogP contribution in [0.4, 0.5) is 0 Å². The summed E-state index contributed by atoms with van der Waals surface area (Å²) in [4.78, 5) is 37.8. The molecule has 0 N–H and O–H groups in total. The number of likely N-dealkylation sites (N-methyl/N-ethyl adjacent to an activating group) is 1. The van der Waals surface area contributed by atoms with Crippen molar-refractivity contribution in [3.05, 3.63) is 158 Å². The SMILES string of the molecule is CC/C=C\C/C=C\C/C=C\C/C=C\C/C=C\C/C=C\C/C=C\C/C=C\C/C=C\C/C=C\CCCCCCCCCCCCC(=O)OC(COC(=O)CCCCCCC/C=C\C/C=C\C/C=C\CC)COP(=O)([O-])OCC[N+](C)(C)C. The summed E-state index contributed by atoms with van der Waals surface area (Å²) in [5, 5.41) is 0. The third-order valence-electron chi connectivity index (χ3n) is 12.5. The summed E-state index contributed by atoms with van der Waals surface area (Å²) in [5.74, 6) is -0.869. The average molecular weight is 1130 g/mol. The van der Waals surface area contributed by atoms with Crippen LogP contribution in [0.3, 0.4) is 0 Å². The molecule has 9 nitrogen and oxygen atoms in total. The molecule has 0 aromatic heterocycles. The molecule has 0 radical (unpaired) electrons. The van der Waals surface area contributed by atoms with E-state index in [1.54, 1.807) is 0 Å². The predicted molar refractivity (Wildman–Crippen MR) is 341 cm³/mol. The smallest absolute Gasteiger partial charge is 0.306 e. The summed E-state index contributed by atoms with van der Waals surface area (Å²) in [6, 6.07) is 0. The molecule has 10 heteroatoms. The number of quaternary nitrogens is 1. The zero-order valence-electron chi connectivity index (χ0n) is 51.2. The second-order valence-corrected chi connectivity index (χ2v) is 22.7. The van der Waals surface area contributed by atoms with Crippen LogP contribution in [-0.4, -0.2) is 70.0 Å². The van der Waals surface area contributed by atoms with E-state index in [0.29, 0.717) is 23.9 Å². The topological polar surface area (TPSA) is 111 Å². The van der Waals surface area contributed by atoms with Crippen molar-refractivity contribution in [2.75, 3.05) is 47.5 Å². The number of phosphoric ester groups is 1. The van der Waals surface area contributed by atoms with Crippen LogP contribution < -0.4 is 4.89 Å². The number of hydrogen-bond acceptors (Lipinski definition) is 8. The van der Waals surface area contributed by atoms with Gasteiger partial charge in [0.15, 0.2) is 6.10 Å². The van der Waals surface area contributed by atoms with Crippen molar-refractivity contribution in [3.63, 3.8) is 0 Å². The summed E-state index contributed by atoms with van der Waals surface area (Å²) < 4.78 is 34.1. The van der Waals surface area contributed by atoms with Gasteiger partial charge in [-0.3, -0.25) is 14.2 Å². The van der Waals surface area contributed by atoms with Crippen molar-refractivity contribution in [2.24, 2.45) is 0 Å². The molecule has 0 aliphatic heterocycles. The molecule has 0 saturated carbocycles. The number of phosphoric acid groups is 1. The van der Waals surface area contributed by atoms with Gasteiger partial charge in [0, 0.05) is 12.8 Å². The van der Waals surface area contributed by atoms with Crippen LogP contribution in [0.1, 0.15) is 219 Å².